The Kier molecular flexibility index (Phi) is 4.81. The van der Waals surface area contributed by atoms with E-state index in [9.17, 15) is 14.0 Å². The van der Waals surface area contributed by atoms with Gasteiger partial charge in [-0.05, 0) is 42.3 Å². The number of ether oxygens (including phenoxy) is 1. The average Bonchev–Trinajstić information content (AvgIpc) is 3.32. The zero-order valence-electron chi connectivity index (χ0n) is 15.6. The average molecular weight is 443 g/mol. The number of hydrogen-bond acceptors (Lipinski definition) is 4. The molecule has 3 heterocycles. The molecule has 1 unspecified atom stereocenters. The minimum Gasteiger partial charge on any atom is -0.376 e. The van der Waals surface area contributed by atoms with Crippen LogP contribution in [0, 0.1) is 5.82 Å². The molecule has 0 saturated heterocycles. The highest BCUT2D eigenvalue weighted by Gasteiger charge is 2.34. The monoisotopic (exact) mass is 442 g/mol. The number of hydrogen-bond donors (Lipinski definition) is 2. The number of benzene rings is 2. The summed E-state index contributed by atoms with van der Waals surface area (Å²) in [7, 11) is 0. The molecule has 5 rings (SSSR count). The van der Waals surface area contributed by atoms with E-state index in [-0.39, 0.29) is 11.8 Å². The van der Waals surface area contributed by atoms with E-state index < -0.39 is 11.9 Å². The van der Waals surface area contributed by atoms with Crippen molar-refractivity contribution in [3.05, 3.63) is 85.3 Å². The smallest absolute Gasteiger partial charge is 0.256 e. The molecule has 0 aliphatic carbocycles. The van der Waals surface area contributed by atoms with Crippen LogP contribution >= 0.6 is 22.9 Å². The van der Waals surface area contributed by atoms with Gasteiger partial charge in [-0.25, -0.2) is 4.39 Å². The van der Waals surface area contributed by atoms with Crippen molar-refractivity contribution in [3.8, 4) is 0 Å². The standard InChI is InChI=1S/C22H16ClFN2O3S/c23-16-5-4-11(24)8-14(16)20-19-13(21(27)26-20)2-1-3-17(19)25-22(28)15-10-30-18-9-29-7-6-12(15)18/h1-5,8,10,20H,6-7,9H2,(H,25,28)(H,26,27). The summed E-state index contributed by atoms with van der Waals surface area (Å²) in [6.45, 7) is 1.11. The van der Waals surface area contributed by atoms with Crippen LogP contribution in [0.25, 0.3) is 0 Å². The minimum absolute atomic E-state index is 0.244. The number of thiophene rings is 1. The second-order valence-electron chi connectivity index (χ2n) is 7.15. The lowest BCUT2D eigenvalue weighted by molar-refractivity contribution is 0.0959. The maximum absolute atomic E-state index is 13.9. The lowest BCUT2D eigenvalue weighted by Crippen LogP contribution is -2.21. The van der Waals surface area contributed by atoms with Crippen molar-refractivity contribution in [2.75, 3.05) is 11.9 Å². The van der Waals surface area contributed by atoms with Gasteiger partial charge in [-0.15, -0.1) is 11.3 Å². The van der Waals surface area contributed by atoms with Crippen LogP contribution in [0.1, 0.15) is 48.3 Å². The summed E-state index contributed by atoms with van der Waals surface area (Å²) >= 11 is 7.80. The van der Waals surface area contributed by atoms with Gasteiger partial charge in [0, 0.05) is 37.7 Å². The lowest BCUT2D eigenvalue weighted by Gasteiger charge is -2.18. The second kappa shape index (κ2) is 7.50. The van der Waals surface area contributed by atoms with Gasteiger partial charge < -0.3 is 15.4 Å². The number of nitrogens with one attached hydrogen (secondary N) is 2. The summed E-state index contributed by atoms with van der Waals surface area (Å²) in [6.07, 6.45) is 0.691. The summed E-state index contributed by atoms with van der Waals surface area (Å²) in [6, 6.07) is 8.49. The minimum atomic E-state index is -0.656. The largest absolute Gasteiger partial charge is 0.376 e. The van der Waals surface area contributed by atoms with E-state index in [1.807, 2.05) is 5.38 Å². The third-order valence-corrected chi connectivity index (χ3v) is 6.73. The third-order valence-electron chi connectivity index (χ3n) is 5.39. The molecule has 1 aromatic heterocycles. The molecular weight excluding hydrogens is 427 g/mol. The number of rotatable bonds is 3. The van der Waals surface area contributed by atoms with Gasteiger partial charge in [-0.3, -0.25) is 9.59 Å². The van der Waals surface area contributed by atoms with Crippen LogP contribution in [0.2, 0.25) is 5.02 Å². The quantitative estimate of drug-likeness (QED) is 0.618. The first-order valence-corrected chi connectivity index (χ1v) is 10.7. The Labute approximate surface area is 180 Å². The van der Waals surface area contributed by atoms with E-state index in [1.54, 1.807) is 18.2 Å². The summed E-state index contributed by atoms with van der Waals surface area (Å²) in [5.41, 5.74) is 3.57. The summed E-state index contributed by atoms with van der Waals surface area (Å²) in [5, 5.41) is 7.96. The number of carbonyl (C=O) groups is 2. The predicted molar refractivity (Wildman–Crippen MR) is 113 cm³/mol. The van der Waals surface area contributed by atoms with Crippen LogP contribution in [0.3, 0.4) is 0 Å². The van der Waals surface area contributed by atoms with Crippen LogP contribution in [0.4, 0.5) is 10.1 Å². The van der Waals surface area contributed by atoms with Crippen LogP contribution in [0.15, 0.2) is 41.8 Å². The molecule has 2 aliphatic rings. The van der Waals surface area contributed by atoms with Gasteiger partial charge in [0.2, 0.25) is 0 Å². The SMILES string of the molecule is O=C(Nc1cccc2c1C(c1cc(F)ccc1Cl)NC2=O)c1csc2c1CCOC2. The molecule has 0 saturated carbocycles. The molecule has 3 aromatic rings. The van der Waals surface area contributed by atoms with E-state index in [0.29, 0.717) is 52.6 Å². The van der Waals surface area contributed by atoms with Gasteiger partial charge in [-0.1, -0.05) is 17.7 Å². The molecule has 2 aliphatic heterocycles. The first kappa shape index (κ1) is 19.2. The summed E-state index contributed by atoms with van der Waals surface area (Å²) in [5.74, 6) is -0.992. The van der Waals surface area contributed by atoms with Crippen molar-refractivity contribution in [3.63, 3.8) is 0 Å². The molecule has 5 nitrogen and oxygen atoms in total. The highest BCUT2D eigenvalue weighted by atomic mass is 35.5. The van der Waals surface area contributed by atoms with Crippen LogP contribution in [0.5, 0.6) is 0 Å². The van der Waals surface area contributed by atoms with Gasteiger partial charge >= 0.3 is 0 Å². The van der Waals surface area contributed by atoms with E-state index in [4.69, 9.17) is 16.3 Å². The number of halogens is 2. The molecule has 0 bridgehead atoms. The normalized spacial score (nSPS) is 17.3. The fourth-order valence-corrected chi connectivity index (χ4v) is 5.21. The van der Waals surface area contributed by atoms with Crippen molar-refractivity contribution in [2.45, 2.75) is 19.1 Å². The zero-order chi connectivity index (χ0) is 20.8. The number of fused-ring (bicyclic) bond motifs is 2. The van der Waals surface area contributed by atoms with Gasteiger partial charge in [-0.2, -0.15) is 0 Å². The van der Waals surface area contributed by atoms with Crippen molar-refractivity contribution >= 4 is 40.4 Å². The van der Waals surface area contributed by atoms with Crippen molar-refractivity contribution in [1.82, 2.24) is 5.32 Å². The van der Waals surface area contributed by atoms with Crippen LogP contribution in [-0.2, 0) is 17.8 Å². The Balaban J connectivity index is 1.54. The molecule has 2 N–H and O–H groups in total. The first-order chi connectivity index (χ1) is 14.5. The number of amides is 2. The van der Waals surface area contributed by atoms with Gasteiger partial charge in [0.05, 0.1) is 24.8 Å². The molecule has 30 heavy (non-hydrogen) atoms. The molecule has 2 aromatic carbocycles. The summed E-state index contributed by atoms with van der Waals surface area (Å²) in [4.78, 5) is 26.6. The molecule has 1 atom stereocenters. The molecular formula is C22H16ClFN2O3S. The Bertz CT molecular complexity index is 1190. The second-order valence-corrected chi connectivity index (χ2v) is 8.52. The predicted octanol–water partition coefficient (Wildman–Crippen LogP) is 4.70. The topological polar surface area (TPSA) is 67.4 Å². The first-order valence-electron chi connectivity index (χ1n) is 9.40. The third kappa shape index (κ3) is 3.19. The maximum atomic E-state index is 13.9. The van der Waals surface area contributed by atoms with Gasteiger partial charge in [0.15, 0.2) is 0 Å². The van der Waals surface area contributed by atoms with E-state index in [0.717, 1.165) is 10.4 Å². The molecule has 152 valence electrons. The Hall–Kier alpha value is -2.74. The van der Waals surface area contributed by atoms with Gasteiger partial charge in [0.25, 0.3) is 11.8 Å². The zero-order valence-corrected chi connectivity index (χ0v) is 17.2. The number of anilines is 1. The number of carbonyl (C=O) groups excluding carboxylic acids is 2. The fourth-order valence-electron chi connectivity index (χ4n) is 3.97. The highest BCUT2D eigenvalue weighted by molar-refractivity contribution is 7.10. The van der Waals surface area contributed by atoms with Gasteiger partial charge in [0.1, 0.15) is 5.82 Å². The Morgan fingerprint density at radius 1 is 1.30 bits per heavy atom. The van der Waals surface area contributed by atoms with Crippen molar-refractivity contribution in [2.24, 2.45) is 0 Å². The van der Waals surface area contributed by atoms with Crippen molar-refractivity contribution < 1.29 is 18.7 Å². The van der Waals surface area contributed by atoms with E-state index in [1.165, 1.54) is 29.5 Å². The van der Waals surface area contributed by atoms with Crippen LogP contribution in [-0.4, -0.2) is 18.4 Å². The van der Waals surface area contributed by atoms with Crippen molar-refractivity contribution in [1.29, 1.82) is 0 Å². The summed E-state index contributed by atoms with van der Waals surface area (Å²) < 4.78 is 19.3. The molecule has 2 amide bonds. The molecule has 0 fully saturated rings. The highest BCUT2D eigenvalue weighted by Crippen LogP contribution is 2.39. The molecule has 8 heteroatoms. The maximum Gasteiger partial charge on any atom is 0.256 e. The van der Waals surface area contributed by atoms with Crippen LogP contribution < -0.4 is 10.6 Å². The molecule has 0 radical (unpaired) electrons. The molecule has 0 spiro atoms. The van der Waals surface area contributed by atoms with E-state index in [2.05, 4.69) is 10.6 Å². The lowest BCUT2D eigenvalue weighted by atomic mass is 9.96. The van der Waals surface area contributed by atoms with E-state index >= 15 is 0 Å². The fraction of sp³-hybridized carbons (Fsp3) is 0.182. The Morgan fingerprint density at radius 3 is 3.03 bits per heavy atom. The Morgan fingerprint density at radius 2 is 2.17 bits per heavy atom.